The van der Waals surface area contributed by atoms with E-state index in [0.29, 0.717) is 16.7 Å². The number of aryl methyl sites for hydroxylation is 1. The molecule has 16 heavy (non-hydrogen) atoms. The van der Waals surface area contributed by atoms with Gasteiger partial charge >= 0.3 is 0 Å². The second-order valence-corrected chi connectivity index (χ2v) is 3.56. The first-order valence-electron chi connectivity index (χ1n) is 5.12. The van der Waals surface area contributed by atoms with E-state index in [1.54, 1.807) is 24.5 Å². The first-order chi connectivity index (χ1) is 7.76. The molecule has 0 spiro atoms. The summed E-state index contributed by atoms with van der Waals surface area (Å²) < 4.78 is 13.7. The number of halogens is 1. The molecule has 0 saturated carbocycles. The molecule has 2 rings (SSSR count). The molecule has 0 aliphatic carbocycles. The van der Waals surface area contributed by atoms with Crippen LogP contribution in [0.15, 0.2) is 30.6 Å². The summed E-state index contributed by atoms with van der Waals surface area (Å²) in [6.07, 6.45) is 4.07. The number of H-pyrrole nitrogens is 1. The van der Waals surface area contributed by atoms with Crippen molar-refractivity contribution < 1.29 is 4.39 Å². The summed E-state index contributed by atoms with van der Waals surface area (Å²) in [6, 6.07) is 7.04. The van der Waals surface area contributed by atoms with Gasteiger partial charge in [-0.3, -0.25) is 0 Å². The molecular formula is C13H11FN2. The van der Waals surface area contributed by atoms with Gasteiger partial charge in [-0.1, -0.05) is 13.0 Å². The van der Waals surface area contributed by atoms with Crippen LogP contribution in [-0.2, 0) is 6.42 Å². The zero-order valence-corrected chi connectivity index (χ0v) is 8.92. The molecule has 1 aromatic carbocycles. The standard InChI is InChI=1S/C13H11FN2/c1-2-9-3-4-13(14)11(5-9)12-8-16-7-10(12)6-15/h3-5,7-8,16H,2H2,1H3. The maximum absolute atomic E-state index is 13.7. The predicted octanol–water partition coefficient (Wildman–Crippen LogP) is 3.25. The molecule has 0 unspecified atom stereocenters. The van der Waals surface area contributed by atoms with Crippen LogP contribution < -0.4 is 0 Å². The Bertz CT molecular complexity index is 549. The Balaban J connectivity index is 2.60. The molecule has 1 heterocycles. The summed E-state index contributed by atoms with van der Waals surface area (Å²) in [5, 5.41) is 8.89. The van der Waals surface area contributed by atoms with E-state index in [1.807, 2.05) is 13.0 Å². The van der Waals surface area contributed by atoms with E-state index in [2.05, 4.69) is 4.98 Å². The molecule has 0 atom stereocenters. The third-order valence-corrected chi connectivity index (χ3v) is 2.60. The van der Waals surface area contributed by atoms with Crippen molar-refractivity contribution in [2.45, 2.75) is 13.3 Å². The molecule has 1 N–H and O–H groups in total. The maximum atomic E-state index is 13.7. The summed E-state index contributed by atoms with van der Waals surface area (Å²) in [5.74, 6) is -0.298. The van der Waals surface area contributed by atoms with Gasteiger partial charge < -0.3 is 4.98 Å². The molecule has 0 saturated heterocycles. The molecule has 0 aliphatic heterocycles. The highest BCUT2D eigenvalue weighted by atomic mass is 19.1. The van der Waals surface area contributed by atoms with Crippen LogP contribution in [0.5, 0.6) is 0 Å². The molecular weight excluding hydrogens is 203 g/mol. The Kier molecular flexibility index (Phi) is 2.74. The van der Waals surface area contributed by atoms with Gasteiger partial charge in [0.05, 0.1) is 5.56 Å². The van der Waals surface area contributed by atoms with E-state index in [1.165, 1.54) is 6.07 Å². The number of benzene rings is 1. The first-order valence-corrected chi connectivity index (χ1v) is 5.12. The molecule has 0 amide bonds. The molecule has 80 valence electrons. The molecule has 0 radical (unpaired) electrons. The van der Waals surface area contributed by atoms with E-state index >= 15 is 0 Å². The monoisotopic (exact) mass is 214 g/mol. The van der Waals surface area contributed by atoms with Gasteiger partial charge in [0.2, 0.25) is 0 Å². The van der Waals surface area contributed by atoms with E-state index < -0.39 is 0 Å². The van der Waals surface area contributed by atoms with E-state index in [4.69, 9.17) is 5.26 Å². The zero-order valence-electron chi connectivity index (χ0n) is 8.92. The lowest BCUT2D eigenvalue weighted by Crippen LogP contribution is -1.88. The SMILES string of the molecule is CCc1ccc(F)c(-c2c[nH]cc2C#N)c1. The lowest BCUT2D eigenvalue weighted by molar-refractivity contribution is 0.630. The number of rotatable bonds is 2. The van der Waals surface area contributed by atoms with Crippen LogP contribution in [0.1, 0.15) is 18.1 Å². The molecule has 0 bridgehead atoms. The highest BCUT2D eigenvalue weighted by molar-refractivity contribution is 5.70. The second-order valence-electron chi connectivity index (χ2n) is 3.56. The summed E-state index contributed by atoms with van der Waals surface area (Å²) >= 11 is 0. The topological polar surface area (TPSA) is 39.6 Å². The van der Waals surface area contributed by atoms with Gasteiger partial charge in [0.1, 0.15) is 11.9 Å². The Morgan fingerprint density at radius 2 is 2.12 bits per heavy atom. The number of hydrogen-bond donors (Lipinski definition) is 1. The van der Waals surface area contributed by atoms with Gasteiger partial charge in [-0.2, -0.15) is 5.26 Å². The van der Waals surface area contributed by atoms with Gasteiger partial charge in [-0.25, -0.2) is 4.39 Å². The van der Waals surface area contributed by atoms with Crippen LogP contribution in [-0.4, -0.2) is 4.98 Å². The average Bonchev–Trinajstić information content (AvgIpc) is 2.77. The fourth-order valence-electron chi connectivity index (χ4n) is 1.68. The van der Waals surface area contributed by atoms with E-state index in [9.17, 15) is 4.39 Å². The Morgan fingerprint density at radius 1 is 1.31 bits per heavy atom. The zero-order chi connectivity index (χ0) is 11.5. The minimum Gasteiger partial charge on any atom is -0.366 e. The fraction of sp³-hybridized carbons (Fsp3) is 0.154. The number of aromatic nitrogens is 1. The maximum Gasteiger partial charge on any atom is 0.131 e. The van der Waals surface area contributed by atoms with Crippen LogP contribution in [0.4, 0.5) is 4.39 Å². The van der Waals surface area contributed by atoms with Crippen LogP contribution in [0, 0.1) is 17.1 Å². The molecule has 2 aromatic rings. The van der Waals surface area contributed by atoms with Crippen LogP contribution in [0.25, 0.3) is 11.1 Å². The van der Waals surface area contributed by atoms with Crippen molar-refractivity contribution in [1.29, 1.82) is 5.26 Å². The lowest BCUT2D eigenvalue weighted by atomic mass is 10.0. The van der Waals surface area contributed by atoms with Crippen LogP contribution in [0.2, 0.25) is 0 Å². The summed E-state index contributed by atoms with van der Waals surface area (Å²) in [4.78, 5) is 2.82. The summed E-state index contributed by atoms with van der Waals surface area (Å²) in [7, 11) is 0. The third kappa shape index (κ3) is 1.70. The summed E-state index contributed by atoms with van der Waals surface area (Å²) in [6.45, 7) is 2.01. The van der Waals surface area contributed by atoms with Crippen molar-refractivity contribution in [2.75, 3.05) is 0 Å². The minimum absolute atomic E-state index is 0.298. The van der Waals surface area contributed by atoms with Gasteiger partial charge in [-0.15, -0.1) is 0 Å². The molecule has 0 aliphatic rings. The van der Waals surface area contributed by atoms with Crippen molar-refractivity contribution in [3.8, 4) is 17.2 Å². The largest absolute Gasteiger partial charge is 0.366 e. The highest BCUT2D eigenvalue weighted by Crippen LogP contribution is 2.26. The third-order valence-electron chi connectivity index (χ3n) is 2.60. The van der Waals surface area contributed by atoms with Gasteiger partial charge in [-0.05, 0) is 24.1 Å². The Labute approximate surface area is 93.4 Å². The number of aromatic amines is 1. The Morgan fingerprint density at radius 3 is 2.81 bits per heavy atom. The van der Waals surface area contributed by atoms with Gasteiger partial charge in [0.15, 0.2) is 0 Å². The molecule has 1 aromatic heterocycles. The van der Waals surface area contributed by atoms with E-state index in [0.717, 1.165) is 12.0 Å². The lowest BCUT2D eigenvalue weighted by Gasteiger charge is -2.04. The van der Waals surface area contributed by atoms with Crippen molar-refractivity contribution in [3.05, 3.63) is 47.5 Å². The molecule has 3 heteroatoms. The van der Waals surface area contributed by atoms with Crippen molar-refractivity contribution in [1.82, 2.24) is 4.98 Å². The average molecular weight is 214 g/mol. The Hall–Kier alpha value is -2.08. The van der Waals surface area contributed by atoms with Crippen molar-refractivity contribution in [2.24, 2.45) is 0 Å². The molecule has 0 fully saturated rings. The van der Waals surface area contributed by atoms with Crippen LogP contribution in [0.3, 0.4) is 0 Å². The van der Waals surface area contributed by atoms with Crippen molar-refractivity contribution in [3.63, 3.8) is 0 Å². The predicted molar refractivity (Wildman–Crippen MR) is 60.3 cm³/mol. The molecule has 2 nitrogen and oxygen atoms in total. The number of nitrogens with zero attached hydrogens (tertiary/aromatic N) is 1. The quantitative estimate of drug-likeness (QED) is 0.818. The van der Waals surface area contributed by atoms with E-state index in [-0.39, 0.29) is 5.82 Å². The number of nitriles is 1. The summed E-state index contributed by atoms with van der Waals surface area (Å²) in [5.41, 5.74) is 2.63. The highest BCUT2D eigenvalue weighted by Gasteiger charge is 2.10. The number of nitrogens with one attached hydrogen (secondary N) is 1. The fourth-order valence-corrected chi connectivity index (χ4v) is 1.68. The van der Waals surface area contributed by atoms with Gasteiger partial charge in [0.25, 0.3) is 0 Å². The van der Waals surface area contributed by atoms with Crippen LogP contribution >= 0.6 is 0 Å². The smallest absolute Gasteiger partial charge is 0.131 e. The van der Waals surface area contributed by atoms with Gasteiger partial charge in [0, 0.05) is 23.5 Å². The normalized spacial score (nSPS) is 10.1. The number of hydrogen-bond acceptors (Lipinski definition) is 1. The van der Waals surface area contributed by atoms with Crippen molar-refractivity contribution >= 4 is 0 Å². The minimum atomic E-state index is -0.298. The first kappa shape index (κ1) is 10.4. The second kappa shape index (κ2) is 4.19.